The van der Waals surface area contributed by atoms with Crippen molar-refractivity contribution in [1.82, 2.24) is 0 Å². The summed E-state index contributed by atoms with van der Waals surface area (Å²) in [5.41, 5.74) is -2.42. The highest BCUT2D eigenvalue weighted by Gasteiger charge is 2.36. The largest absolute Gasteiger partial charge is 0.478 e. The Morgan fingerprint density at radius 3 is 2.17 bits per heavy atom. The van der Waals surface area contributed by atoms with Crippen molar-refractivity contribution in [3.8, 4) is 0 Å². The molecule has 2 aromatic carbocycles. The zero-order chi connectivity index (χ0) is 18.1. The van der Waals surface area contributed by atoms with Gasteiger partial charge >= 0.3 is 12.1 Å². The molecule has 9 heteroatoms. The Morgan fingerprint density at radius 1 is 1.08 bits per heavy atom. The molecule has 24 heavy (non-hydrogen) atoms. The van der Waals surface area contributed by atoms with E-state index in [0.717, 1.165) is 17.7 Å². The predicted molar refractivity (Wildman–Crippen MR) is 80.4 cm³/mol. The SMILES string of the molecule is Cc1ccc(S(=O)(=O)Nc2c(C(=O)O)cccc2C(F)(F)F)cc1. The Bertz CT molecular complexity index is 875. The number of alkyl halides is 3. The van der Waals surface area contributed by atoms with Gasteiger partial charge in [0.15, 0.2) is 0 Å². The van der Waals surface area contributed by atoms with E-state index in [9.17, 15) is 26.4 Å². The monoisotopic (exact) mass is 359 g/mol. The fourth-order valence-electron chi connectivity index (χ4n) is 1.99. The third-order valence-electron chi connectivity index (χ3n) is 3.17. The second-order valence-electron chi connectivity index (χ2n) is 4.95. The number of hydrogen-bond acceptors (Lipinski definition) is 3. The van der Waals surface area contributed by atoms with Crippen LogP contribution < -0.4 is 4.72 Å². The Hall–Kier alpha value is -2.55. The highest BCUT2D eigenvalue weighted by Crippen LogP contribution is 2.37. The number of aromatic carboxylic acids is 1. The number of benzene rings is 2. The van der Waals surface area contributed by atoms with Gasteiger partial charge in [0.2, 0.25) is 0 Å². The molecule has 0 saturated heterocycles. The molecule has 2 N–H and O–H groups in total. The molecule has 5 nitrogen and oxygen atoms in total. The van der Waals surface area contributed by atoms with Crippen LogP contribution in [0.5, 0.6) is 0 Å². The van der Waals surface area contributed by atoms with E-state index < -0.39 is 39.0 Å². The average molecular weight is 359 g/mol. The third-order valence-corrected chi connectivity index (χ3v) is 4.53. The first-order valence-electron chi connectivity index (χ1n) is 6.55. The molecule has 128 valence electrons. The number of halogens is 3. The van der Waals surface area contributed by atoms with Crippen LogP contribution in [0.3, 0.4) is 0 Å². The first-order valence-corrected chi connectivity index (χ1v) is 8.03. The lowest BCUT2D eigenvalue weighted by Gasteiger charge is -2.17. The first-order chi connectivity index (χ1) is 11.0. The standard InChI is InChI=1S/C15H12F3NO4S/c1-9-5-7-10(8-6-9)24(22,23)19-13-11(14(20)21)3-2-4-12(13)15(16,17)18/h2-8,19H,1H3,(H,20,21). The van der Waals surface area contributed by atoms with E-state index in [4.69, 9.17) is 5.11 Å². The summed E-state index contributed by atoms with van der Waals surface area (Å²) in [6.07, 6.45) is -4.92. The fourth-order valence-corrected chi connectivity index (χ4v) is 3.09. The summed E-state index contributed by atoms with van der Waals surface area (Å²) in [4.78, 5) is 10.9. The van der Waals surface area contributed by atoms with Crippen molar-refractivity contribution in [2.75, 3.05) is 4.72 Å². The number of sulfonamides is 1. The Balaban J connectivity index is 2.59. The molecule has 0 unspecified atom stereocenters. The van der Waals surface area contributed by atoms with Crippen LogP contribution in [0, 0.1) is 6.92 Å². The van der Waals surface area contributed by atoms with Gasteiger partial charge in [-0.05, 0) is 31.2 Å². The predicted octanol–water partition coefficient (Wildman–Crippen LogP) is 3.51. The number of aryl methyl sites for hydroxylation is 1. The van der Waals surface area contributed by atoms with Gasteiger partial charge in [0.05, 0.1) is 21.7 Å². The molecule has 0 aliphatic carbocycles. The minimum absolute atomic E-state index is 0.276. The summed E-state index contributed by atoms with van der Waals surface area (Å²) in [6.45, 7) is 1.71. The molecule has 0 aromatic heterocycles. The Kier molecular flexibility index (Phi) is 4.57. The van der Waals surface area contributed by atoms with Crippen molar-refractivity contribution >= 4 is 21.7 Å². The quantitative estimate of drug-likeness (QED) is 0.875. The molecule has 0 spiro atoms. The van der Waals surface area contributed by atoms with E-state index in [1.54, 1.807) is 11.6 Å². The number of carboxylic acid groups (broad SMARTS) is 1. The maximum Gasteiger partial charge on any atom is 0.418 e. The zero-order valence-corrected chi connectivity index (χ0v) is 13.1. The summed E-state index contributed by atoms with van der Waals surface area (Å²) in [5, 5.41) is 9.06. The molecule has 0 saturated carbocycles. The van der Waals surface area contributed by atoms with Crippen LogP contribution >= 0.6 is 0 Å². The molecule has 0 atom stereocenters. The van der Waals surface area contributed by atoms with Crippen LogP contribution in [0.25, 0.3) is 0 Å². The molecule has 0 radical (unpaired) electrons. The van der Waals surface area contributed by atoms with E-state index in [2.05, 4.69) is 0 Å². The van der Waals surface area contributed by atoms with Crippen molar-refractivity contribution in [3.05, 3.63) is 59.2 Å². The van der Waals surface area contributed by atoms with Gasteiger partial charge in [-0.15, -0.1) is 0 Å². The molecular weight excluding hydrogens is 347 g/mol. The number of hydrogen-bond donors (Lipinski definition) is 2. The lowest BCUT2D eigenvalue weighted by atomic mass is 10.1. The van der Waals surface area contributed by atoms with Gasteiger partial charge in [0.1, 0.15) is 0 Å². The van der Waals surface area contributed by atoms with Gasteiger partial charge < -0.3 is 5.11 Å². The smallest absolute Gasteiger partial charge is 0.418 e. The number of rotatable bonds is 4. The van der Waals surface area contributed by atoms with Crippen LogP contribution in [0.1, 0.15) is 21.5 Å². The summed E-state index contributed by atoms with van der Waals surface area (Å²) in [6, 6.07) is 7.78. The molecule has 2 rings (SSSR count). The molecular formula is C15H12F3NO4S. The summed E-state index contributed by atoms with van der Waals surface area (Å²) < 4.78 is 65.6. The van der Waals surface area contributed by atoms with Gasteiger partial charge in [-0.1, -0.05) is 23.8 Å². The molecule has 0 bridgehead atoms. The van der Waals surface area contributed by atoms with Crippen LogP contribution in [0.4, 0.5) is 18.9 Å². The number of para-hydroxylation sites is 1. The minimum Gasteiger partial charge on any atom is -0.478 e. The highest BCUT2D eigenvalue weighted by atomic mass is 32.2. The summed E-state index contributed by atoms with van der Waals surface area (Å²) >= 11 is 0. The van der Waals surface area contributed by atoms with Gasteiger partial charge in [-0.3, -0.25) is 4.72 Å². The number of anilines is 1. The second-order valence-corrected chi connectivity index (χ2v) is 6.63. The third kappa shape index (κ3) is 3.67. The molecule has 0 heterocycles. The lowest BCUT2D eigenvalue weighted by molar-refractivity contribution is -0.136. The van der Waals surface area contributed by atoms with Crippen molar-refractivity contribution in [1.29, 1.82) is 0 Å². The van der Waals surface area contributed by atoms with Crippen LogP contribution in [0.2, 0.25) is 0 Å². The first kappa shape index (κ1) is 17.8. The van der Waals surface area contributed by atoms with E-state index >= 15 is 0 Å². The average Bonchev–Trinajstić information content (AvgIpc) is 2.46. The van der Waals surface area contributed by atoms with Gasteiger partial charge in [0, 0.05) is 0 Å². The maximum atomic E-state index is 13.1. The van der Waals surface area contributed by atoms with Gasteiger partial charge in [-0.25, -0.2) is 13.2 Å². The van der Waals surface area contributed by atoms with Crippen LogP contribution in [-0.2, 0) is 16.2 Å². The van der Waals surface area contributed by atoms with Crippen molar-refractivity contribution in [3.63, 3.8) is 0 Å². The zero-order valence-electron chi connectivity index (χ0n) is 12.3. The highest BCUT2D eigenvalue weighted by molar-refractivity contribution is 7.92. The Morgan fingerprint density at radius 2 is 1.67 bits per heavy atom. The fraction of sp³-hybridized carbons (Fsp3) is 0.133. The van der Waals surface area contributed by atoms with Crippen molar-refractivity contribution in [2.45, 2.75) is 18.0 Å². The maximum absolute atomic E-state index is 13.1. The number of carbonyl (C=O) groups is 1. The van der Waals surface area contributed by atoms with Gasteiger partial charge in [0.25, 0.3) is 10.0 Å². The molecule has 0 aliphatic heterocycles. The molecule has 2 aromatic rings. The van der Waals surface area contributed by atoms with Crippen molar-refractivity contribution < 1.29 is 31.5 Å². The van der Waals surface area contributed by atoms with E-state index in [-0.39, 0.29) is 4.90 Å². The number of nitrogens with one attached hydrogen (secondary N) is 1. The molecule has 0 fully saturated rings. The summed E-state index contributed by atoms with van der Waals surface area (Å²) in [5.74, 6) is -1.68. The van der Waals surface area contributed by atoms with E-state index in [1.807, 2.05) is 0 Å². The van der Waals surface area contributed by atoms with Crippen LogP contribution in [-0.4, -0.2) is 19.5 Å². The molecule has 0 amide bonds. The van der Waals surface area contributed by atoms with E-state index in [0.29, 0.717) is 6.07 Å². The molecule has 0 aliphatic rings. The Labute approximate surface area is 135 Å². The normalized spacial score (nSPS) is 12.0. The van der Waals surface area contributed by atoms with Gasteiger partial charge in [-0.2, -0.15) is 13.2 Å². The van der Waals surface area contributed by atoms with E-state index in [1.165, 1.54) is 24.3 Å². The number of carboxylic acids is 1. The van der Waals surface area contributed by atoms with Crippen molar-refractivity contribution in [2.24, 2.45) is 0 Å². The minimum atomic E-state index is -4.92. The van der Waals surface area contributed by atoms with Crippen LogP contribution in [0.15, 0.2) is 47.4 Å². The summed E-state index contributed by atoms with van der Waals surface area (Å²) in [7, 11) is -4.38. The topological polar surface area (TPSA) is 83.5 Å². The second kappa shape index (κ2) is 6.16. The lowest BCUT2D eigenvalue weighted by Crippen LogP contribution is -2.20.